The molecule has 8 heteroatoms. The monoisotopic (exact) mass is 393 g/mol. The number of rotatable bonds is 4. The van der Waals surface area contributed by atoms with Gasteiger partial charge < -0.3 is 14.5 Å². The second-order valence-electron chi connectivity index (χ2n) is 6.67. The molecule has 142 valence electrons. The predicted octanol–water partition coefficient (Wildman–Crippen LogP) is 2.97. The van der Waals surface area contributed by atoms with Crippen molar-refractivity contribution in [2.45, 2.75) is 13.5 Å². The van der Waals surface area contributed by atoms with Gasteiger partial charge in [0.2, 0.25) is 0 Å². The lowest BCUT2D eigenvalue weighted by molar-refractivity contribution is 0.0772. The lowest BCUT2D eigenvalue weighted by Crippen LogP contribution is -2.29. The molecular formula is C20H19N5O2S. The molecule has 1 N–H and O–H groups in total. The minimum Gasteiger partial charge on any atom is -0.346 e. The number of carbonyl (C=O) groups excluding carboxylic acids is 1. The minimum atomic E-state index is -0.207. The Kier molecular flexibility index (Phi) is 4.56. The molecule has 0 radical (unpaired) electrons. The van der Waals surface area contributed by atoms with Gasteiger partial charge in [0.25, 0.3) is 11.5 Å². The van der Waals surface area contributed by atoms with Gasteiger partial charge in [-0.2, -0.15) is 0 Å². The van der Waals surface area contributed by atoms with Gasteiger partial charge in [0, 0.05) is 31.2 Å². The van der Waals surface area contributed by atoms with Crippen LogP contribution in [0.15, 0.2) is 46.7 Å². The quantitative estimate of drug-likeness (QED) is 0.578. The topological polar surface area (TPSA) is 83.9 Å². The molecule has 0 aliphatic rings. The molecular weight excluding hydrogens is 374 g/mol. The first kappa shape index (κ1) is 18.1. The minimum absolute atomic E-state index is 0.156. The van der Waals surface area contributed by atoms with E-state index in [1.165, 1.54) is 0 Å². The Labute approximate surface area is 165 Å². The number of para-hydroxylation sites is 1. The van der Waals surface area contributed by atoms with Gasteiger partial charge in [-0.3, -0.25) is 9.59 Å². The number of nitrogens with zero attached hydrogens (tertiary/aromatic N) is 4. The number of fused-ring (bicyclic) bond motifs is 1. The van der Waals surface area contributed by atoms with Crippen molar-refractivity contribution in [1.29, 1.82) is 0 Å². The average Bonchev–Trinajstić information content (AvgIpc) is 3.27. The van der Waals surface area contributed by atoms with E-state index in [1.54, 1.807) is 46.1 Å². The van der Waals surface area contributed by atoms with Crippen molar-refractivity contribution >= 4 is 28.1 Å². The van der Waals surface area contributed by atoms with Gasteiger partial charge >= 0.3 is 0 Å². The third-order valence-electron chi connectivity index (χ3n) is 4.53. The number of thiazole rings is 1. The van der Waals surface area contributed by atoms with E-state index in [1.807, 2.05) is 37.7 Å². The van der Waals surface area contributed by atoms with Crippen LogP contribution in [0.5, 0.6) is 0 Å². The summed E-state index contributed by atoms with van der Waals surface area (Å²) in [6, 6.07) is 8.98. The van der Waals surface area contributed by atoms with E-state index in [-0.39, 0.29) is 18.0 Å². The van der Waals surface area contributed by atoms with Gasteiger partial charge in [-0.1, -0.05) is 12.1 Å². The van der Waals surface area contributed by atoms with Gasteiger partial charge in [-0.25, -0.2) is 9.97 Å². The highest BCUT2D eigenvalue weighted by atomic mass is 32.1. The van der Waals surface area contributed by atoms with Crippen LogP contribution in [0, 0.1) is 6.92 Å². The van der Waals surface area contributed by atoms with E-state index in [0.717, 1.165) is 16.3 Å². The number of hydrogen-bond acceptors (Lipinski definition) is 5. The molecule has 3 heterocycles. The molecule has 4 aromatic rings. The molecule has 0 saturated carbocycles. The van der Waals surface area contributed by atoms with Crippen LogP contribution in [0.1, 0.15) is 21.3 Å². The van der Waals surface area contributed by atoms with Crippen LogP contribution in [0.3, 0.4) is 0 Å². The zero-order chi connectivity index (χ0) is 19.8. The van der Waals surface area contributed by atoms with Crippen LogP contribution in [-0.2, 0) is 13.6 Å². The molecule has 0 spiro atoms. The number of benzene rings is 1. The second kappa shape index (κ2) is 7.05. The Morgan fingerprint density at radius 2 is 2.07 bits per heavy atom. The highest BCUT2D eigenvalue weighted by molar-refractivity contribution is 7.09. The number of aromatic nitrogens is 4. The van der Waals surface area contributed by atoms with Crippen LogP contribution in [0.25, 0.3) is 22.2 Å². The Bertz CT molecular complexity index is 1240. The molecule has 0 atom stereocenters. The highest BCUT2D eigenvalue weighted by Gasteiger charge is 2.19. The SMILES string of the molecule is Cc1nc(-c2cc(C(=O)N(C)Cc3nc4ccccc4c(=O)[nH]3)n(C)c2)cs1. The zero-order valence-electron chi connectivity index (χ0n) is 15.8. The summed E-state index contributed by atoms with van der Waals surface area (Å²) in [5.74, 6) is 0.292. The summed E-state index contributed by atoms with van der Waals surface area (Å²) in [6.07, 6.45) is 1.89. The van der Waals surface area contributed by atoms with Crippen molar-refractivity contribution in [3.63, 3.8) is 0 Å². The van der Waals surface area contributed by atoms with Gasteiger partial charge in [0.15, 0.2) is 0 Å². The van der Waals surface area contributed by atoms with E-state index in [4.69, 9.17) is 0 Å². The predicted molar refractivity (Wildman–Crippen MR) is 109 cm³/mol. The maximum atomic E-state index is 12.9. The summed E-state index contributed by atoms with van der Waals surface area (Å²) >= 11 is 1.58. The maximum absolute atomic E-state index is 12.9. The molecule has 1 aromatic carbocycles. The summed E-state index contributed by atoms with van der Waals surface area (Å²) in [5.41, 5.74) is 2.72. The molecule has 0 saturated heterocycles. The van der Waals surface area contributed by atoms with E-state index < -0.39 is 0 Å². The normalized spacial score (nSPS) is 11.1. The fourth-order valence-electron chi connectivity index (χ4n) is 3.12. The lowest BCUT2D eigenvalue weighted by Gasteiger charge is -2.17. The molecule has 3 aromatic heterocycles. The van der Waals surface area contributed by atoms with Crippen LogP contribution < -0.4 is 5.56 Å². The van der Waals surface area contributed by atoms with Crippen LogP contribution >= 0.6 is 11.3 Å². The Morgan fingerprint density at radius 3 is 2.82 bits per heavy atom. The van der Waals surface area contributed by atoms with E-state index >= 15 is 0 Å². The fraction of sp³-hybridized carbons (Fsp3) is 0.200. The highest BCUT2D eigenvalue weighted by Crippen LogP contribution is 2.24. The van der Waals surface area contributed by atoms with Crippen molar-refractivity contribution < 1.29 is 4.79 Å². The number of hydrogen-bond donors (Lipinski definition) is 1. The third kappa shape index (κ3) is 3.34. The summed E-state index contributed by atoms with van der Waals surface area (Å²) in [6.45, 7) is 2.16. The first-order chi connectivity index (χ1) is 13.4. The Balaban J connectivity index is 1.59. The van der Waals surface area contributed by atoms with Gasteiger partial charge in [-0.15, -0.1) is 11.3 Å². The molecule has 28 heavy (non-hydrogen) atoms. The zero-order valence-corrected chi connectivity index (χ0v) is 16.6. The first-order valence-corrected chi connectivity index (χ1v) is 9.62. The van der Waals surface area contributed by atoms with Crippen molar-refractivity contribution in [3.8, 4) is 11.3 Å². The van der Waals surface area contributed by atoms with Crippen LogP contribution in [0.4, 0.5) is 0 Å². The number of H-pyrrole nitrogens is 1. The number of amides is 1. The Hall–Kier alpha value is -3.26. The molecule has 1 amide bonds. The molecule has 0 fully saturated rings. The lowest BCUT2D eigenvalue weighted by atomic mass is 10.2. The van der Waals surface area contributed by atoms with Gasteiger partial charge in [0.05, 0.1) is 28.1 Å². The van der Waals surface area contributed by atoms with Crippen molar-refractivity contribution in [3.05, 3.63) is 68.8 Å². The molecule has 0 aliphatic heterocycles. The van der Waals surface area contributed by atoms with E-state index in [2.05, 4.69) is 15.0 Å². The Morgan fingerprint density at radius 1 is 1.29 bits per heavy atom. The molecule has 7 nitrogen and oxygen atoms in total. The number of carbonyl (C=O) groups is 1. The average molecular weight is 393 g/mol. The van der Waals surface area contributed by atoms with Gasteiger partial charge in [0.1, 0.15) is 11.5 Å². The third-order valence-corrected chi connectivity index (χ3v) is 5.31. The van der Waals surface area contributed by atoms with Crippen molar-refractivity contribution in [2.24, 2.45) is 7.05 Å². The summed E-state index contributed by atoms with van der Waals surface area (Å²) in [5, 5.41) is 3.49. The van der Waals surface area contributed by atoms with E-state index in [0.29, 0.717) is 22.4 Å². The van der Waals surface area contributed by atoms with E-state index in [9.17, 15) is 9.59 Å². The first-order valence-electron chi connectivity index (χ1n) is 8.74. The summed E-state index contributed by atoms with van der Waals surface area (Å²) in [4.78, 5) is 38.4. The second-order valence-corrected chi connectivity index (χ2v) is 7.73. The smallest absolute Gasteiger partial charge is 0.270 e. The number of nitrogens with one attached hydrogen (secondary N) is 1. The standard InChI is InChI=1S/C20H19N5O2S/c1-12-21-16(11-28-12)13-8-17(24(2)9-13)20(27)25(3)10-18-22-15-7-5-4-6-14(15)19(26)23-18/h4-9,11H,10H2,1-3H3,(H,22,23,26). The maximum Gasteiger partial charge on any atom is 0.270 e. The molecule has 0 unspecified atom stereocenters. The number of aryl methyl sites for hydroxylation is 2. The molecule has 4 rings (SSSR count). The van der Waals surface area contributed by atoms with Gasteiger partial charge in [-0.05, 0) is 25.1 Å². The molecule has 0 aliphatic carbocycles. The summed E-state index contributed by atoms with van der Waals surface area (Å²) in [7, 11) is 3.52. The van der Waals surface area contributed by atoms with Crippen molar-refractivity contribution in [2.75, 3.05) is 7.05 Å². The summed E-state index contributed by atoms with van der Waals surface area (Å²) < 4.78 is 1.79. The van der Waals surface area contributed by atoms with Crippen molar-refractivity contribution in [1.82, 2.24) is 24.4 Å². The van der Waals surface area contributed by atoms with Crippen LogP contribution in [0.2, 0.25) is 0 Å². The fourth-order valence-corrected chi connectivity index (χ4v) is 3.74. The largest absolute Gasteiger partial charge is 0.346 e. The molecule has 0 bridgehead atoms. The number of aromatic amines is 1. The van der Waals surface area contributed by atoms with Crippen LogP contribution in [-0.4, -0.2) is 37.4 Å².